The van der Waals surface area contributed by atoms with Gasteiger partial charge in [0.2, 0.25) is 11.9 Å². The molecule has 1 aromatic heterocycles. The summed E-state index contributed by atoms with van der Waals surface area (Å²) in [4.78, 5) is 11.8. The minimum absolute atomic E-state index is 0.000716. The molecule has 6 heteroatoms. The Labute approximate surface area is 120 Å². The van der Waals surface area contributed by atoms with Crippen LogP contribution in [0.4, 0.5) is 16.3 Å². The second-order valence-electron chi connectivity index (χ2n) is 4.40. The van der Waals surface area contributed by atoms with E-state index < -0.39 is 0 Å². The molecule has 1 heterocycles. The second-order valence-corrected chi connectivity index (χ2v) is 4.40. The van der Waals surface area contributed by atoms with Crippen molar-refractivity contribution in [1.82, 2.24) is 15.0 Å². The topological polar surface area (TPSA) is 90.7 Å². The average Bonchev–Trinajstić information content (AvgIpc) is 2.47. The maximum absolute atomic E-state index is 14.3. The summed E-state index contributed by atoms with van der Waals surface area (Å²) in [6.07, 6.45) is 0. The number of nitrogens with two attached hydrogens (primary N) is 2. The van der Waals surface area contributed by atoms with E-state index in [1.54, 1.807) is 12.1 Å². The summed E-state index contributed by atoms with van der Waals surface area (Å²) >= 11 is 0. The van der Waals surface area contributed by atoms with Crippen LogP contribution in [0.2, 0.25) is 0 Å². The van der Waals surface area contributed by atoms with Gasteiger partial charge in [-0.1, -0.05) is 42.5 Å². The molecular weight excluding hydrogens is 269 g/mol. The van der Waals surface area contributed by atoms with Gasteiger partial charge < -0.3 is 11.5 Å². The zero-order valence-corrected chi connectivity index (χ0v) is 11.0. The molecule has 104 valence electrons. The van der Waals surface area contributed by atoms with E-state index in [0.717, 1.165) is 5.56 Å². The molecule has 21 heavy (non-hydrogen) atoms. The third kappa shape index (κ3) is 2.51. The van der Waals surface area contributed by atoms with Crippen LogP contribution in [0, 0.1) is 5.82 Å². The molecule has 3 rings (SSSR count). The van der Waals surface area contributed by atoms with Gasteiger partial charge in [0.25, 0.3) is 0 Å². The highest BCUT2D eigenvalue weighted by atomic mass is 19.1. The van der Waals surface area contributed by atoms with Gasteiger partial charge in [-0.3, -0.25) is 0 Å². The zero-order chi connectivity index (χ0) is 14.8. The number of benzene rings is 2. The minimum Gasteiger partial charge on any atom is -0.368 e. The van der Waals surface area contributed by atoms with Gasteiger partial charge in [0.15, 0.2) is 5.82 Å². The number of aromatic nitrogens is 3. The van der Waals surface area contributed by atoms with E-state index in [4.69, 9.17) is 11.5 Å². The van der Waals surface area contributed by atoms with Gasteiger partial charge in [0.05, 0.1) is 0 Å². The summed E-state index contributed by atoms with van der Waals surface area (Å²) in [6, 6.07) is 13.9. The Bertz CT molecular complexity index is 769. The summed E-state index contributed by atoms with van der Waals surface area (Å²) in [5.74, 6) is -0.115. The Kier molecular flexibility index (Phi) is 3.19. The number of rotatable bonds is 2. The molecule has 0 saturated heterocycles. The highest BCUT2D eigenvalue weighted by Crippen LogP contribution is 2.32. The van der Waals surface area contributed by atoms with Crippen LogP contribution in [0.15, 0.2) is 48.5 Å². The third-order valence-corrected chi connectivity index (χ3v) is 2.99. The van der Waals surface area contributed by atoms with E-state index in [1.807, 2.05) is 30.3 Å². The molecule has 0 amide bonds. The molecule has 2 aromatic carbocycles. The van der Waals surface area contributed by atoms with Crippen molar-refractivity contribution in [3.63, 3.8) is 0 Å². The van der Waals surface area contributed by atoms with Crippen molar-refractivity contribution in [3.05, 3.63) is 54.3 Å². The van der Waals surface area contributed by atoms with Crippen molar-refractivity contribution in [2.45, 2.75) is 0 Å². The van der Waals surface area contributed by atoms with Crippen LogP contribution in [0.1, 0.15) is 0 Å². The van der Waals surface area contributed by atoms with Gasteiger partial charge in [-0.2, -0.15) is 15.0 Å². The minimum atomic E-state index is -0.365. The van der Waals surface area contributed by atoms with Crippen LogP contribution >= 0.6 is 0 Å². The second kappa shape index (κ2) is 5.16. The van der Waals surface area contributed by atoms with E-state index in [9.17, 15) is 4.39 Å². The van der Waals surface area contributed by atoms with Gasteiger partial charge in [-0.05, 0) is 11.6 Å². The van der Waals surface area contributed by atoms with Crippen LogP contribution in [-0.2, 0) is 0 Å². The zero-order valence-electron chi connectivity index (χ0n) is 11.0. The van der Waals surface area contributed by atoms with Gasteiger partial charge in [-0.15, -0.1) is 0 Å². The van der Waals surface area contributed by atoms with Crippen LogP contribution in [0.5, 0.6) is 0 Å². The molecule has 0 atom stereocenters. The molecule has 0 aliphatic carbocycles. The quantitative estimate of drug-likeness (QED) is 0.753. The Morgan fingerprint density at radius 3 is 2.10 bits per heavy atom. The van der Waals surface area contributed by atoms with Gasteiger partial charge >= 0.3 is 0 Å². The van der Waals surface area contributed by atoms with Gasteiger partial charge in [0.1, 0.15) is 5.82 Å². The van der Waals surface area contributed by atoms with Gasteiger partial charge in [-0.25, -0.2) is 4.39 Å². The smallest absolute Gasteiger partial charge is 0.225 e. The number of hydrogen-bond acceptors (Lipinski definition) is 5. The van der Waals surface area contributed by atoms with E-state index in [-0.39, 0.29) is 23.5 Å². The summed E-state index contributed by atoms with van der Waals surface area (Å²) in [5, 5.41) is 0. The fourth-order valence-corrected chi connectivity index (χ4v) is 2.14. The normalized spacial score (nSPS) is 10.5. The fourth-order valence-electron chi connectivity index (χ4n) is 2.14. The van der Waals surface area contributed by atoms with E-state index in [1.165, 1.54) is 6.07 Å². The third-order valence-electron chi connectivity index (χ3n) is 2.99. The van der Waals surface area contributed by atoms with Crippen molar-refractivity contribution in [2.24, 2.45) is 0 Å². The SMILES string of the molecule is Nc1nc(N)nc(-c2cccc(F)c2-c2ccccc2)n1. The molecule has 0 unspecified atom stereocenters. The van der Waals surface area contributed by atoms with Crippen LogP contribution < -0.4 is 11.5 Å². The maximum atomic E-state index is 14.3. The lowest BCUT2D eigenvalue weighted by Gasteiger charge is -2.10. The number of nitrogens with zero attached hydrogens (tertiary/aromatic N) is 3. The molecule has 0 aliphatic rings. The predicted octanol–water partition coefficient (Wildman–Crippen LogP) is 2.51. The lowest BCUT2D eigenvalue weighted by atomic mass is 9.98. The summed E-state index contributed by atoms with van der Waals surface area (Å²) in [7, 11) is 0. The monoisotopic (exact) mass is 281 g/mol. The fraction of sp³-hybridized carbons (Fsp3) is 0. The standard InChI is InChI=1S/C15H12FN5/c16-11-8-4-7-10(12(11)9-5-2-1-3-6-9)13-19-14(17)21-15(18)20-13/h1-8H,(H4,17,18,19,20,21). The Morgan fingerprint density at radius 1 is 0.762 bits per heavy atom. The molecule has 0 spiro atoms. The van der Waals surface area contributed by atoms with E-state index in [0.29, 0.717) is 11.1 Å². The first kappa shape index (κ1) is 13.0. The van der Waals surface area contributed by atoms with Crippen molar-refractivity contribution >= 4 is 11.9 Å². The van der Waals surface area contributed by atoms with Crippen molar-refractivity contribution in [2.75, 3.05) is 11.5 Å². The molecule has 0 aliphatic heterocycles. The number of halogens is 1. The molecular formula is C15H12FN5. The Morgan fingerprint density at radius 2 is 1.43 bits per heavy atom. The Balaban J connectivity index is 2.26. The average molecular weight is 281 g/mol. The van der Waals surface area contributed by atoms with E-state index >= 15 is 0 Å². The van der Waals surface area contributed by atoms with Crippen LogP contribution in [0.25, 0.3) is 22.5 Å². The first-order chi connectivity index (χ1) is 10.1. The predicted molar refractivity (Wildman–Crippen MR) is 79.5 cm³/mol. The maximum Gasteiger partial charge on any atom is 0.225 e. The molecule has 0 bridgehead atoms. The first-order valence-electron chi connectivity index (χ1n) is 6.26. The first-order valence-corrected chi connectivity index (χ1v) is 6.26. The largest absolute Gasteiger partial charge is 0.368 e. The molecule has 0 radical (unpaired) electrons. The van der Waals surface area contributed by atoms with Crippen molar-refractivity contribution < 1.29 is 4.39 Å². The highest BCUT2D eigenvalue weighted by Gasteiger charge is 2.15. The Hall–Kier alpha value is -3.02. The molecule has 5 nitrogen and oxygen atoms in total. The summed E-state index contributed by atoms with van der Waals surface area (Å²) in [5.41, 5.74) is 12.8. The lowest BCUT2D eigenvalue weighted by molar-refractivity contribution is 0.631. The van der Waals surface area contributed by atoms with Crippen LogP contribution in [0.3, 0.4) is 0 Å². The number of hydrogen-bond donors (Lipinski definition) is 2. The summed E-state index contributed by atoms with van der Waals surface area (Å²) < 4.78 is 14.3. The highest BCUT2D eigenvalue weighted by molar-refractivity contribution is 5.81. The van der Waals surface area contributed by atoms with Crippen molar-refractivity contribution in [3.8, 4) is 22.5 Å². The molecule has 0 saturated carbocycles. The van der Waals surface area contributed by atoms with E-state index in [2.05, 4.69) is 15.0 Å². The lowest BCUT2D eigenvalue weighted by Crippen LogP contribution is -2.05. The summed E-state index contributed by atoms with van der Waals surface area (Å²) in [6.45, 7) is 0. The number of anilines is 2. The molecule has 0 fully saturated rings. The van der Waals surface area contributed by atoms with Crippen LogP contribution in [-0.4, -0.2) is 15.0 Å². The number of nitrogen functional groups attached to an aromatic ring is 2. The van der Waals surface area contributed by atoms with Crippen molar-refractivity contribution in [1.29, 1.82) is 0 Å². The van der Waals surface area contributed by atoms with Gasteiger partial charge in [0, 0.05) is 11.1 Å². The molecule has 3 aromatic rings. The molecule has 4 N–H and O–H groups in total.